The lowest BCUT2D eigenvalue weighted by Gasteiger charge is -2.30. The van der Waals surface area contributed by atoms with E-state index in [1.807, 2.05) is 24.6 Å². The van der Waals surface area contributed by atoms with Crippen LogP contribution in [-0.2, 0) is 13.0 Å². The van der Waals surface area contributed by atoms with E-state index >= 15 is 0 Å². The Hall–Kier alpha value is -0.450. The monoisotopic (exact) mass is 253 g/mol. The first kappa shape index (κ1) is 13.0. The Morgan fingerprint density at radius 3 is 2.88 bits per heavy atom. The Kier molecular flexibility index (Phi) is 4.95. The largest absolute Gasteiger partial charge is 0.315 e. The van der Waals surface area contributed by atoms with Crippen molar-refractivity contribution in [1.29, 1.82) is 0 Å². The molecule has 1 saturated heterocycles. The van der Waals surface area contributed by atoms with Crippen molar-refractivity contribution >= 4 is 11.3 Å². The molecule has 0 radical (unpaired) electrons. The van der Waals surface area contributed by atoms with Crippen LogP contribution >= 0.6 is 11.3 Å². The Morgan fingerprint density at radius 1 is 1.47 bits per heavy atom. The van der Waals surface area contributed by atoms with Gasteiger partial charge in [-0.15, -0.1) is 11.3 Å². The van der Waals surface area contributed by atoms with Crippen LogP contribution in [0.5, 0.6) is 0 Å². The third-order valence-electron chi connectivity index (χ3n) is 3.57. The van der Waals surface area contributed by atoms with Crippen molar-refractivity contribution in [2.24, 2.45) is 5.92 Å². The molecule has 0 atom stereocenters. The molecule has 1 aromatic rings. The molecule has 3 nitrogen and oxygen atoms in total. The highest BCUT2D eigenvalue weighted by Crippen LogP contribution is 2.23. The van der Waals surface area contributed by atoms with Crippen LogP contribution in [0.25, 0.3) is 0 Å². The number of aromatic nitrogens is 1. The van der Waals surface area contributed by atoms with Crippen molar-refractivity contribution in [3.63, 3.8) is 0 Å². The Bertz CT molecular complexity index is 329. The molecule has 0 saturated carbocycles. The minimum absolute atomic E-state index is 0.853. The second kappa shape index (κ2) is 6.47. The number of likely N-dealkylation sites (tertiary alicyclic amines) is 1. The minimum Gasteiger partial charge on any atom is -0.315 e. The van der Waals surface area contributed by atoms with Crippen molar-refractivity contribution in [2.75, 3.05) is 26.7 Å². The highest BCUT2D eigenvalue weighted by Gasteiger charge is 2.19. The summed E-state index contributed by atoms with van der Waals surface area (Å²) in [5, 5.41) is 4.50. The van der Waals surface area contributed by atoms with Gasteiger partial charge in [-0.3, -0.25) is 0 Å². The Balaban J connectivity index is 1.80. The first-order chi connectivity index (χ1) is 8.31. The van der Waals surface area contributed by atoms with Crippen LogP contribution in [0.2, 0.25) is 0 Å². The lowest BCUT2D eigenvalue weighted by Crippen LogP contribution is -2.33. The summed E-state index contributed by atoms with van der Waals surface area (Å²) in [6.07, 6.45) is 5.90. The average molecular weight is 253 g/mol. The Labute approximate surface area is 108 Å². The van der Waals surface area contributed by atoms with Gasteiger partial charge in [-0.25, -0.2) is 4.98 Å². The predicted molar refractivity (Wildman–Crippen MR) is 73.4 cm³/mol. The maximum atomic E-state index is 4.53. The van der Waals surface area contributed by atoms with Crippen LogP contribution in [-0.4, -0.2) is 36.6 Å². The quantitative estimate of drug-likeness (QED) is 0.871. The summed E-state index contributed by atoms with van der Waals surface area (Å²) in [7, 11) is 1.99. The Morgan fingerprint density at radius 2 is 2.24 bits per heavy atom. The molecule has 0 unspecified atom stereocenters. The van der Waals surface area contributed by atoms with Crippen LogP contribution in [0.1, 0.15) is 29.7 Å². The highest BCUT2D eigenvalue weighted by molar-refractivity contribution is 7.11. The number of thiazole rings is 1. The van der Waals surface area contributed by atoms with Crippen LogP contribution in [0.3, 0.4) is 0 Å². The number of rotatable bonds is 5. The highest BCUT2D eigenvalue weighted by atomic mass is 32.1. The topological polar surface area (TPSA) is 28.2 Å². The number of piperidine rings is 1. The summed E-state index contributed by atoms with van der Waals surface area (Å²) >= 11 is 1.87. The molecule has 0 amide bonds. The second-order valence-corrected chi connectivity index (χ2v) is 6.03. The second-order valence-electron chi connectivity index (χ2n) is 4.83. The summed E-state index contributed by atoms with van der Waals surface area (Å²) in [6, 6.07) is 0. The van der Waals surface area contributed by atoms with Gasteiger partial charge in [0, 0.05) is 24.0 Å². The molecule has 0 spiro atoms. The van der Waals surface area contributed by atoms with Gasteiger partial charge in [-0.2, -0.15) is 0 Å². The lowest BCUT2D eigenvalue weighted by atomic mass is 9.94. The van der Waals surface area contributed by atoms with Crippen molar-refractivity contribution in [3.8, 4) is 0 Å². The molecule has 1 aromatic heterocycles. The molecular weight excluding hydrogens is 230 g/mol. The fourth-order valence-corrected chi connectivity index (χ4v) is 3.50. The molecule has 1 aliphatic heterocycles. The fourth-order valence-electron chi connectivity index (χ4n) is 2.45. The van der Waals surface area contributed by atoms with Gasteiger partial charge in [0.05, 0.1) is 5.01 Å². The van der Waals surface area contributed by atoms with E-state index in [0.717, 1.165) is 12.5 Å². The first-order valence-corrected chi connectivity index (χ1v) is 7.44. The van der Waals surface area contributed by atoms with Gasteiger partial charge in [0.25, 0.3) is 0 Å². The van der Waals surface area contributed by atoms with Gasteiger partial charge in [-0.05, 0) is 45.4 Å². The van der Waals surface area contributed by atoms with Gasteiger partial charge in [-0.1, -0.05) is 6.92 Å². The molecule has 1 N–H and O–H groups in total. The third-order valence-corrected chi connectivity index (χ3v) is 4.59. The molecule has 2 rings (SSSR count). The first-order valence-electron chi connectivity index (χ1n) is 6.62. The van der Waals surface area contributed by atoms with Gasteiger partial charge < -0.3 is 10.2 Å². The fraction of sp³-hybridized carbons (Fsp3) is 0.769. The molecule has 2 heterocycles. The van der Waals surface area contributed by atoms with Crippen molar-refractivity contribution in [3.05, 3.63) is 16.1 Å². The predicted octanol–water partition coefficient (Wildman–Crippen LogP) is 2.14. The summed E-state index contributed by atoms with van der Waals surface area (Å²) in [5.74, 6) is 0.853. The number of hydrogen-bond acceptors (Lipinski definition) is 4. The van der Waals surface area contributed by atoms with E-state index in [2.05, 4.69) is 22.1 Å². The number of nitrogens with zero attached hydrogens (tertiary/aromatic N) is 2. The molecule has 0 bridgehead atoms. The molecule has 0 aromatic carbocycles. The SMILES string of the molecule is CCN1CCC(Cc2ncc(CNC)s2)CC1. The van der Waals surface area contributed by atoms with E-state index in [4.69, 9.17) is 0 Å². The summed E-state index contributed by atoms with van der Waals surface area (Å²) in [5.41, 5.74) is 0. The van der Waals surface area contributed by atoms with Gasteiger partial charge in [0.1, 0.15) is 0 Å². The van der Waals surface area contributed by atoms with Crippen molar-refractivity contribution < 1.29 is 0 Å². The standard InChI is InChI=1S/C13H23N3S/c1-3-16-6-4-11(5-7-16)8-13-15-10-12(17-13)9-14-2/h10-11,14H,3-9H2,1-2H3. The maximum absolute atomic E-state index is 4.53. The maximum Gasteiger partial charge on any atom is 0.0930 e. The molecule has 1 aliphatic rings. The molecule has 1 fully saturated rings. The summed E-state index contributed by atoms with van der Waals surface area (Å²) < 4.78 is 0. The molecule has 96 valence electrons. The molecular formula is C13H23N3S. The summed E-state index contributed by atoms with van der Waals surface area (Å²) in [6.45, 7) is 6.96. The zero-order valence-electron chi connectivity index (χ0n) is 10.9. The normalized spacial score (nSPS) is 18.7. The zero-order valence-corrected chi connectivity index (χ0v) is 11.7. The molecule has 17 heavy (non-hydrogen) atoms. The number of nitrogens with one attached hydrogen (secondary N) is 1. The lowest BCUT2D eigenvalue weighted by molar-refractivity contribution is 0.192. The molecule has 0 aliphatic carbocycles. The van der Waals surface area contributed by atoms with Crippen molar-refractivity contribution in [2.45, 2.75) is 32.7 Å². The van der Waals surface area contributed by atoms with E-state index in [1.165, 1.54) is 48.8 Å². The summed E-state index contributed by atoms with van der Waals surface area (Å²) in [4.78, 5) is 8.43. The van der Waals surface area contributed by atoms with Gasteiger partial charge in [0.2, 0.25) is 0 Å². The van der Waals surface area contributed by atoms with E-state index in [1.54, 1.807) is 0 Å². The van der Waals surface area contributed by atoms with E-state index in [9.17, 15) is 0 Å². The van der Waals surface area contributed by atoms with Gasteiger partial charge >= 0.3 is 0 Å². The van der Waals surface area contributed by atoms with Crippen LogP contribution in [0.4, 0.5) is 0 Å². The smallest absolute Gasteiger partial charge is 0.0930 e. The van der Waals surface area contributed by atoms with E-state index in [-0.39, 0.29) is 0 Å². The van der Waals surface area contributed by atoms with Gasteiger partial charge in [0.15, 0.2) is 0 Å². The van der Waals surface area contributed by atoms with Crippen LogP contribution in [0.15, 0.2) is 6.20 Å². The number of hydrogen-bond donors (Lipinski definition) is 1. The third kappa shape index (κ3) is 3.76. The van der Waals surface area contributed by atoms with Crippen LogP contribution in [0, 0.1) is 5.92 Å². The minimum atomic E-state index is 0.853. The molecule has 4 heteroatoms. The zero-order chi connectivity index (χ0) is 12.1. The van der Waals surface area contributed by atoms with Crippen LogP contribution < -0.4 is 5.32 Å². The van der Waals surface area contributed by atoms with Crippen molar-refractivity contribution in [1.82, 2.24) is 15.2 Å². The van der Waals surface area contributed by atoms with E-state index in [0.29, 0.717) is 0 Å². The van der Waals surface area contributed by atoms with E-state index < -0.39 is 0 Å². The average Bonchev–Trinajstić information content (AvgIpc) is 2.78.